The molecule has 2 rings (SSSR count). The molecule has 1 heterocycles. The molecule has 0 amide bonds. The van der Waals surface area contributed by atoms with Crippen molar-refractivity contribution in [3.05, 3.63) is 35.9 Å². The molecule has 0 saturated carbocycles. The number of benzene rings is 1. The van der Waals surface area contributed by atoms with Crippen LogP contribution in [0.3, 0.4) is 0 Å². The number of hydrogen-bond donors (Lipinski definition) is 1. The van der Waals surface area contributed by atoms with E-state index < -0.39 is 0 Å². The minimum atomic E-state index is 0.0653. The lowest BCUT2D eigenvalue weighted by Crippen LogP contribution is -2.50. The summed E-state index contributed by atoms with van der Waals surface area (Å²) in [6.07, 6.45) is 3.52. The third kappa shape index (κ3) is 3.83. The molecule has 1 fully saturated rings. The SMILES string of the molecule is N#CC1CNCCN1CCCCc1ccccc1. The quantitative estimate of drug-likeness (QED) is 0.802. The summed E-state index contributed by atoms with van der Waals surface area (Å²) in [4.78, 5) is 2.31. The van der Waals surface area contributed by atoms with Gasteiger partial charge in [0.2, 0.25) is 0 Å². The van der Waals surface area contributed by atoms with Crippen LogP contribution in [0.25, 0.3) is 0 Å². The molecule has 0 radical (unpaired) electrons. The van der Waals surface area contributed by atoms with Gasteiger partial charge in [-0.25, -0.2) is 0 Å². The fourth-order valence-electron chi connectivity index (χ4n) is 2.43. The van der Waals surface area contributed by atoms with Crippen molar-refractivity contribution in [3.63, 3.8) is 0 Å². The molecule has 1 unspecified atom stereocenters. The number of rotatable bonds is 5. The van der Waals surface area contributed by atoms with Crippen LogP contribution in [0.15, 0.2) is 30.3 Å². The molecule has 3 nitrogen and oxygen atoms in total. The maximum Gasteiger partial charge on any atom is 0.110 e. The summed E-state index contributed by atoms with van der Waals surface area (Å²) >= 11 is 0. The normalized spacial score (nSPS) is 20.5. The Hall–Kier alpha value is -1.37. The van der Waals surface area contributed by atoms with Crippen molar-refractivity contribution in [2.75, 3.05) is 26.2 Å². The van der Waals surface area contributed by atoms with Crippen molar-refractivity contribution in [2.24, 2.45) is 0 Å². The van der Waals surface area contributed by atoms with Gasteiger partial charge in [0.1, 0.15) is 6.04 Å². The van der Waals surface area contributed by atoms with E-state index in [-0.39, 0.29) is 6.04 Å². The second kappa shape index (κ2) is 7.15. The van der Waals surface area contributed by atoms with E-state index in [1.54, 1.807) is 0 Å². The third-order valence-corrected chi connectivity index (χ3v) is 3.51. The van der Waals surface area contributed by atoms with E-state index >= 15 is 0 Å². The van der Waals surface area contributed by atoms with Crippen LogP contribution >= 0.6 is 0 Å². The van der Waals surface area contributed by atoms with E-state index in [1.807, 2.05) is 0 Å². The largest absolute Gasteiger partial charge is 0.313 e. The highest BCUT2D eigenvalue weighted by Crippen LogP contribution is 2.08. The highest BCUT2D eigenvalue weighted by Gasteiger charge is 2.20. The van der Waals surface area contributed by atoms with E-state index in [4.69, 9.17) is 5.26 Å². The first-order valence-electron chi connectivity index (χ1n) is 6.78. The number of aryl methyl sites for hydroxylation is 1. The minimum Gasteiger partial charge on any atom is -0.313 e. The molecule has 0 aromatic heterocycles. The summed E-state index contributed by atoms with van der Waals surface area (Å²) < 4.78 is 0. The van der Waals surface area contributed by atoms with Crippen molar-refractivity contribution in [3.8, 4) is 6.07 Å². The van der Waals surface area contributed by atoms with Crippen LogP contribution in [0.1, 0.15) is 18.4 Å². The summed E-state index contributed by atoms with van der Waals surface area (Å²) in [5.41, 5.74) is 1.41. The number of piperazine rings is 1. The summed E-state index contributed by atoms with van der Waals surface area (Å²) in [7, 11) is 0. The Bertz CT molecular complexity index is 382. The Balaban J connectivity index is 1.67. The molecule has 1 saturated heterocycles. The third-order valence-electron chi connectivity index (χ3n) is 3.51. The van der Waals surface area contributed by atoms with Gasteiger partial charge in [-0.05, 0) is 31.4 Å². The summed E-state index contributed by atoms with van der Waals surface area (Å²) in [6.45, 7) is 3.88. The fourth-order valence-corrected chi connectivity index (χ4v) is 2.43. The Morgan fingerprint density at radius 2 is 2.11 bits per heavy atom. The van der Waals surface area contributed by atoms with Crippen molar-refractivity contribution >= 4 is 0 Å². The molecule has 96 valence electrons. The first kappa shape index (κ1) is 13.1. The highest BCUT2D eigenvalue weighted by molar-refractivity contribution is 5.14. The van der Waals surface area contributed by atoms with Crippen LogP contribution in [0.5, 0.6) is 0 Å². The molecule has 0 bridgehead atoms. The Morgan fingerprint density at radius 3 is 2.89 bits per heavy atom. The molecule has 0 aliphatic carbocycles. The van der Waals surface area contributed by atoms with E-state index in [2.05, 4.69) is 46.6 Å². The van der Waals surface area contributed by atoms with Gasteiger partial charge in [0.15, 0.2) is 0 Å². The average molecular weight is 243 g/mol. The first-order valence-corrected chi connectivity index (χ1v) is 6.78. The second-order valence-corrected chi connectivity index (χ2v) is 4.83. The number of hydrogen-bond acceptors (Lipinski definition) is 3. The molecule has 0 spiro atoms. The summed E-state index contributed by atoms with van der Waals surface area (Å²) in [5.74, 6) is 0. The standard InChI is InChI=1S/C15H21N3/c16-12-15-13-17-9-11-18(15)10-5-4-8-14-6-2-1-3-7-14/h1-3,6-7,15,17H,4-5,8-11,13H2. The molecule has 18 heavy (non-hydrogen) atoms. The molecule has 1 aliphatic rings. The van der Waals surface area contributed by atoms with Crippen molar-refractivity contribution in [1.29, 1.82) is 5.26 Å². The molecule has 1 aromatic carbocycles. The topological polar surface area (TPSA) is 39.1 Å². The van der Waals surface area contributed by atoms with Gasteiger partial charge in [-0.3, -0.25) is 4.90 Å². The zero-order valence-electron chi connectivity index (χ0n) is 10.8. The van der Waals surface area contributed by atoms with Crippen LogP contribution in [0.4, 0.5) is 0 Å². The maximum atomic E-state index is 9.06. The van der Waals surface area contributed by atoms with Crippen molar-refractivity contribution in [1.82, 2.24) is 10.2 Å². The highest BCUT2D eigenvalue weighted by atomic mass is 15.2. The van der Waals surface area contributed by atoms with Crippen molar-refractivity contribution < 1.29 is 0 Å². The number of nitrogens with one attached hydrogen (secondary N) is 1. The lowest BCUT2D eigenvalue weighted by atomic mass is 10.1. The van der Waals surface area contributed by atoms with Crippen LogP contribution in [0, 0.1) is 11.3 Å². The van der Waals surface area contributed by atoms with Gasteiger partial charge in [0.05, 0.1) is 6.07 Å². The van der Waals surface area contributed by atoms with Gasteiger partial charge >= 0.3 is 0 Å². The Morgan fingerprint density at radius 1 is 1.28 bits per heavy atom. The Kier molecular flexibility index (Phi) is 5.19. The van der Waals surface area contributed by atoms with Crippen molar-refractivity contribution in [2.45, 2.75) is 25.3 Å². The molecule has 1 atom stereocenters. The Labute approximate surface area is 109 Å². The minimum absolute atomic E-state index is 0.0653. The first-order chi connectivity index (χ1) is 8.90. The molecular formula is C15H21N3. The molecule has 3 heteroatoms. The van der Waals surface area contributed by atoms with Gasteiger partial charge in [0, 0.05) is 19.6 Å². The molecule has 1 aliphatic heterocycles. The lowest BCUT2D eigenvalue weighted by Gasteiger charge is -2.31. The monoisotopic (exact) mass is 243 g/mol. The fraction of sp³-hybridized carbons (Fsp3) is 0.533. The zero-order chi connectivity index (χ0) is 12.6. The predicted molar refractivity (Wildman–Crippen MR) is 73.2 cm³/mol. The predicted octanol–water partition coefficient (Wildman–Crippen LogP) is 1.81. The van der Waals surface area contributed by atoms with Gasteiger partial charge in [-0.2, -0.15) is 5.26 Å². The smallest absolute Gasteiger partial charge is 0.110 e. The van der Waals surface area contributed by atoms with Gasteiger partial charge in [0.25, 0.3) is 0 Å². The van der Waals surface area contributed by atoms with E-state index in [0.717, 1.165) is 32.6 Å². The molecule has 1 aromatic rings. The van der Waals surface area contributed by atoms with Crippen LogP contribution < -0.4 is 5.32 Å². The second-order valence-electron chi connectivity index (χ2n) is 4.83. The zero-order valence-corrected chi connectivity index (χ0v) is 10.8. The molecular weight excluding hydrogens is 222 g/mol. The number of nitrogens with zero attached hydrogens (tertiary/aromatic N) is 2. The van der Waals surface area contributed by atoms with E-state index in [1.165, 1.54) is 18.4 Å². The summed E-state index contributed by atoms with van der Waals surface area (Å²) in [5, 5.41) is 12.3. The van der Waals surface area contributed by atoms with Gasteiger partial charge in [-0.15, -0.1) is 0 Å². The lowest BCUT2D eigenvalue weighted by molar-refractivity contribution is 0.194. The summed E-state index contributed by atoms with van der Waals surface area (Å²) in [6, 6.07) is 13.1. The van der Waals surface area contributed by atoms with E-state index in [0.29, 0.717) is 0 Å². The maximum absolute atomic E-state index is 9.06. The van der Waals surface area contributed by atoms with Gasteiger partial charge < -0.3 is 5.32 Å². The van der Waals surface area contributed by atoms with Gasteiger partial charge in [-0.1, -0.05) is 30.3 Å². The number of unbranched alkanes of at least 4 members (excludes halogenated alkanes) is 1. The van der Waals surface area contributed by atoms with Crippen LogP contribution in [0.2, 0.25) is 0 Å². The average Bonchev–Trinajstić information content (AvgIpc) is 2.45. The van der Waals surface area contributed by atoms with Crippen LogP contribution in [-0.4, -0.2) is 37.1 Å². The molecule has 1 N–H and O–H groups in total. The van der Waals surface area contributed by atoms with E-state index in [9.17, 15) is 0 Å². The number of nitriles is 1. The van der Waals surface area contributed by atoms with Crippen LogP contribution in [-0.2, 0) is 6.42 Å².